The van der Waals surface area contributed by atoms with Crippen LogP contribution in [-0.2, 0) is 4.79 Å². The van der Waals surface area contributed by atoms with Crippen LogP contribution in [0.3, 0.4) is 0 Å². The first-order chi connectivity index (χ1) is 17.1. The molecule has 182 valence electrons. The predicted octanol–water partition coefficient (Wildman–Crippen LogP) is 5.08. The summed E-state index contributed by atoms with van der Waals surface area (Å²) in [4.78, 5) is 53.4. The van der Waals surface area contributed by atoms with E-state index in [9.17, 15) is 24.5 Å². The second kappa shape index (κ2) is 8.72. The van der Waals surface area contributed by atoms with Crippen LogP contribution in [0.25, 0.3) is 0 Å². The zero-order valence-corrected chi connectivity index (χ0v) is 21.2. The minimum atomic E-state index is -1.21. The van der Waals surface area contributed by atoms with Gasteiger partial charge in [0.05, 0.1) is 28.1 Å². The van der Waals surface area contributed by atoms with Crippen molar-refractivity contribution in [2.75, 3.05) is 12.0 Å². The van der Waals surface area contributed by atoms with Crippen LogP contribution >= 0.6 is 27.5 Å². The van der Waals surface area contributed by atoms with E-state index in [1.807, 2.05) is 6.92 Å². The third-order valence-electron chi connectivity index (χ3n) is 6.42. The number of carbonyl (C=O) groups excluding carboxylic acids is 3. The van der Waals surface area contributed by atoms with Crippen LogP contribution in [0.4, 0.5) is 11.4 Å². The normalized spacial score (nSPS) is 18.8. The highest BCUT2D eigenvalue weighted by atomic mass is 79.9. The van der Waals surface area contributed by atoms with Gasteiger partial charge < -0.3 is 9.64 Å². The third kappa shape index (κ3) is 3.48. The number of β-lactam (4-membered cyclic amide) rings is 1. The van der Waals surface area contributed by atoms with Crippen LogP contribution in [0.1, 0.15) is 37.9 Å². The molecule has 11 heteroatoms. The smallest absolute Gasteiger partial charge is 0.282 e. The number of hydrogen-bond donors (Lipinski definition) is 0. The topological polar surface area (TPSA) is 110 Å². The van der Waals surface area contributed by atoms with Crippen molar-refractivity contribution in [2.24, 2.45) is 0 Å². The summed E-state index contributed by atoms with van der Waals surface area (Å²) >= 11 is 9.76. The quantitative estimate of drug-likeness (QED) is 0.183. The maximum atomic E-state index is 13.6. The van der Waals surface area contributed by atoms with E-state index in [1.54, 1.807) is 36.4 Å². The molecule has 0 bridgehead atoms. The Labute approximate surface area is 218 Å². The molecule has 1 saturated heterocycles. The molecule has 0 saturated carbocycles. The Morgan fingerprint density at radius 2 is 1.75 bits per heavy atom. The van der Waals surface area contributed by atoms with Gasteiger partial charge in [-0.1, -0.05) is 29.8 Å². The zero-order valence-electron chi connectivity index (χ0n) is 18.9. The van der Waals surface area contributed by atoms with E-state index in [0.717, 1.165) is 16.5 Å². The number of aryl methyl sites for hydroxylation is 1. The Bertz CT molecular complexity index is 1490. The number of carbonyl (C=O) groups is 3. The van der Waals surface area contributed by atoms with Crippen LogP contribution < -0.4 is 9.64 Å². The van der Waals surface area contributed by atoms with E-state index < -0.39 is 40.4 Å². The predicted molar refractivity (Wildman–Crippen MR) is 134 cm³/mol. The van der Waals surface area contributed by atoms with Gasteiger partial charge in [0.1, 0.15) is 17.4 Å². The summed E-state index contributed by atoms with van der Waals surface area (Å²) in [5.41, 5.74) is 1.04. The van der Waals surface area contributed by atoms with E-state index in [4.69, 9.17) is 16.3 Å². The lowest BCUT2D eigenvalue weighted by molar-refractivity contribution is -0.385. The molecule has 2 heterocycles. The summed E-state index contributed by atoms with van der Waals surface area (Å²) in [6.07, 6.45) is 0. The highest BCUT2D eigenvalue weighted by Crippen LogP contribution is 2.46. The van der Waals surface area contributed by atoms with Gasteiger partial charge >= 0.3 is 0 Å². The lowest BCUT2D eigenvalue weighted by atomic mass is 9.86. The number of halogens is 2. The Balaban J connectivity index is 1.63. The van der Waals surface area contributed by atoms with Crippen molar-refractivity contribution in [3.63, 3.8) is 0 Å². The molecule has 36 heavy (non-hydrogen) atoms. The standard InChI is InChI=1S/C25H17BrClN3O6/c1-12-6-8-14(11-17(12)27)28-21(13-7-9-19(36-2)16(26)10-13)22(25(28)33)29-23(31)15-4-3-5-18(30(34)35)20(15)24(29)32/h3-11,21-22H,1-2H3/t21-,22+/m0/s1. The fourth-order valence-corrected chi connectivity index (χ4v) is 5.37. The molecule has 5 rings (SSSR count). The summed E-state index contributed by atoms with van der Waals surface area (Å²) < 4.78 is 5.92. The summed E-state index contributed by atoms with van der Waals surface area (Å²) in [5.74, 6) is -1.58. The highest BCUT2D eigenvalue weighted by Gasteiger charge is 2.58. The molecule has 0 aromatic heterocycles. The molecule has 3 aromatic rings. The number of amides is 3. The number of nitro groups is 1. The minimum Gasteiger partial charge on any atom is -0.496 e. The minimum absolute atomic E-state index is 0.103. The largest absolute Gasteiger partial charge is 0.496 e. The Morgan fingerprint density at radius 3 is 2.39 bits per heavy atom. The molecule has 9 nitrogen and oxygen atoms in total. The second-order valence-corrected chi connectivity index (χ2v) is 9.62. The lowest BCUT2D eigenvalue weighted by Crippen LogP contribution is -2.67. The van der Waals surface area contributed by atoms with Crippen molar-refractivity contribution < 1.29 is 24.0 Å². The van der Waals surface area contributed by atoms with Crippen LogP contribution in [0, 0.1) is 17.0 Å². The molecule has 2 aliphatic heterocycles. The van der Waals surface area contributed by atoms with Gasteiger partial charge in [-0.2, -0.15) is 0 Å². The number of hydrogen-bond acceptors (Lipinski definition) is 6. The Hall–Kier alpha value is -3.76. The van der Waals surface area contributed by atoms with Gasteiger partial charge in [0.15, 0.2) is 0 Å². The number of ether oxygens (including phenoxy) is 1. The number of rotatable bonds is 5. The molecule has 0 spiro atoms. The molecule has 3 aromatic carbocycles. The molecule has 1 fully saturated rings. The monoisotopic (exact) mass is 569 g/mol. The molecule has 2 atom stereocenters. The van der Waals surface area contributed by atoms with Gasteiger partial charge in [-0.15, -0.1) is 0 Å². The molecule has 0 N–H and O–H groups in total. The van der Waals surface area contributed by atoms with E-state index in [1.165, 1.54) is 24.1 Å². The summed E-state index contributed by atoms with van der Waals surface area (Å²) in [7, 11) is 1.52. The van der Waals surface area contributed by atoms with E-state index in [2.05, 4.69) is 15.9 Å². The lowest BCUT2D eigenvalue weighted by Gasteiger charge is -2.49. The van der Waals surface area contributed by atoms with Crippen molar-refractivity contribution in [1.82, 2.24) is 4.90 Å². The first kappa shape index (κ1) is 24.0. The maximum Gasteiger partial charge on any atom is 0.282 e. The molecule has 0 unspecified atom stereocenters. The SMILES string of the molecule is COc1ccc([C@H]2[C@@H](N3C(=O)c4cccc([N+](=O)[O-])c4C3=O)C(=O)N2c2ccc(C)c(Cl)c2)cc1Br. The summed E-state index contributed by atoms with van der Waals surface area (Å²) in [5, 5.41) is 12.0. The van der Waals surface area contributed by atoms with E-state index in [0.29, 0.717) is 26.5 Å². The number of nitro benzene ring substituents is 1. The Kier molecular flexibility index (Phi) is 5.80. The average molecular weight is 571 g/mol. The first-order valence-electron chi connectivity index (χ1n) is 10.7. The van der Waals surface area contributed by atoms with Gasteiger partial charge in [0.2, 0.25) is 0 Å². The van der Waals surface area contributed by atoms with Crippen LogP contribution in [0.2, 0.25) is 5.02 Å². The van der Waals surface area contributed by atoms with Crippen LogP contribution in [-0.4, -0.2) is 40.7 Å². The fraction of sp³-hybridized carbons (Fsp3) is 0.160. The van der Waals surface area contributed by atoms with Crippen molar-refractivity contribution in [3.05, 3.63) is 96.5 Å². The van der Waals surface area contributed by atoms with E-state index >= 15 is 0 Å². The van der Waals surface area contributed by atoms with Crippen molar-refractivity contribution in [2.45, 2.75) is 19.0 Å². The molecule has 2 aliphatic rings. The fourth-order valence-electron chi connectivity index (χ4n) is 4.63. The maximum absolute atomic E-state index is 13.6. The average Bonchev–Trinajstić information content (AvgIpc) is 3.09. The van der Waals surface area contributed by atoms with Gasteiger partial charge in [0.25, 0.3) is 23.4 Å². The highest BCUT2D eigenvalue weighted by molar-refractivity contribution is 9.10. The Morgan fingerprint density at radius 1 is 1.00 bits per heavy atom. The summed E-state index contributed by atoms with van der Waals surface area (Å²) in [6, 6.07) is 12.2. The number of methoxy groups -OCH3 is 1. The van der Waals surface area contributed by atoms with Gasteiger partial charge in [-0.05, 0) is 64.3 Å². The number of anilines is 1. The van der Waals surface area contributed by atoms with Gasteiger partial charge in [-0.3, -0.25) is 29.4 Å². The van der Waals surface area contributed by atoms with Crippen LogP contribution in [0.15, 0.2) is 59.1 Å². The summed E-state index contributed by atoms with van der Waals surface area (Å²) in [6.45, 7) is 1.83. The van der Waals surface area contributed by atoms with Crippen molar-refractivity contribution in [3.8, 4) is 5.75 Å². The van der Waals surface area contributed by atoms with Crippen molar-refractivity contribution in [1.29, 1.82) is 0 Å². The number of imide groups is 1. The molecular formula is C25H17BrClN3O6. The van der Waals surface area contributed by atoms with E-state index in [-0.39, 0.29) is 11.1 Å². The number of nitrogens with zero attached hydrogens (tertiary/aromatic N) is 3. The molecule has 3 amide bonds. The number of fused-ring (bicyclic) bond motifs is 1. The first-order valence-corrected chi connectivity index (χ1v) is 11.9. The van der Waals surface area contributed by atoms with Crippen LogP contribution in [0.5, 0.6) is 5.75 Å². The number of benzene rings is 3. The van der Waals surface area contributed by atoms with Gasteiger partial charge in [-0.25, -0.2) is 0 Å². The molecule has 0 aliphatic carbocycles. The zero-order chi connectivity index (χ0) is 25.9. The van der Waals surface area contributed by atoms with Gasteiger partial charge in [0, 0.05) is 16.8 Å². The molecule has 0 radical (unpaired) electrons. The third-order valence-corrected chi connectivity index (χ3v) is 7.44. The molecular weight excluding hydrogens is 554 g/mol. The van der Waals surface area contributed by atoms with Crippen molar-refractivity contribution >= 4 is 56.6 Å². The second-order valence-electron chi connectivity index (χ2n) is 8.36.